The molecule has 17 heavy (non-hydrogen) atoms. The Labute approximate surface area is 103 Å². The first kappa shape index (κ1) is 17.8. The smallest absolute Gasteiger partial charge is 0.177 e. The Bertz CT molecular complexity index is 269. The Morgan fingerprint density at radius 3 is 1.94 bits per heavy atom. The van der Waals surface area contributed by atoms with Crippen LogP contribution in [0.2, 0.25) is 0 Å². The summed E-state index contributed by atoms with van der Waals surface area (Å²) in [6.07, 6.45) is 4.88. The summed E-state index contributed by atoms with van der Waals surface area (Å²) in [6.45, 7) is 7.18. The summed E-state index contributed by atoms with van der Waals surface area (Å²) >= 11 is 0. The van der Waals surface area contributed by atoms with Gasteiger partial charge in [-0.3, -0.25) is 0 Å². The molecule has 0 fully saturated rings. The van der Waals surface area contributed by atoms with Crippen LogP contribution < -0.4 is 11.5 Å². The van der Waals surface area contributed by atoms with Gasteiger partial charge in [-0.15, -0.1) is 6.42 Å². The van der Waals surface area contributed by atoms with Crippen molar-refractivity contribution in [2.45, 2.75) is 20.8 Å². The second-order valence-electron chi connectivity index (χ2n) is 2.96. The highest BCUT2D eigenvalue weighted by Gasteiger charge is 1.83. The lowest BCUT2D eigenvalue weighted by atomic mass is 10.4. The summed E-state index contributed by atoms with van der Waals surface area (Å²) < 4.78 is 0. The average molecular weight is 242 g/mol. The lowest BCUT2D eigenvalue weighted by molar-refractivity contribution is 0.158. The first-order chi connectivity index (χ1) is 8.12. The van der Waals surface area contributed by atoms with Gasteiger partial charge in [0.1, 0.15) is 6.61 Å². The van der Waals surface area contributed by atoms with Crippen LogP contribution in [0, 0.1) is 12.3 Å². The molecule has 0 aliphatic carbocycles. The topological polar surface area (TPSA) is 95.2 Å². The van der Waals surface area contributed by atoms with Gasteiger partial charge in [0.05, 0.1) is 11.4 Å². The molecular weight excluding hydrogens is 220 g/mol. The Balaban J connectivity index is 0. The second kappa shape index (κ2) is 14.4. The number of hydrogen-bond donors (Lipinski definition) is 2. The van der Waals surface area contributed by atoms with Gasteiger partial charge >= 0.3 is 0 Å². The normalized spacial score (nSPS) is 11.1. The fraction of sp³-hybridized carbons (Fsp3) is 0.636. The zero-order valence-electron chi connectivity index (χ0n) is 10.8. The van der Waals surface area contributed by atoms with Crippen LogP contribution in [0.3, 0.4) is 0 Å². The lowest BCUT2D eigenvalue weighted by Crippen LogP contribution is -2.09. The van der Waals surface area contributed by atoms with Crippen LogP contribution >= 0.6 is 0 Å². The van der Waals surface area contributed by atoms with Gasteiger partial charge < -0.3 is 21.1 Å². The van der Waals surface area contributed by atoms with Gasteiger partial charge in [-0.2, -0.15) is 0 Å². The predicted molar refractivity (Wildman–Crippen MR) is 70.7 cm³/mol. The van der Waals surface area contributed by atoms with Gasteiger partial charge in [-0.05, 0) is 20.8 Å². The summed E-state index contributed by atoms with van der Waals surface area (Å²) in [4.78, 5) is 9.30. The number of rotatable bonds is 6. The number of terminal acetylenes is 1. The van der Waals surface area contributed by atoms with Crippen LogP contribution in [0.25, 0.3) is 0 Å². The van der Waals surface area contributed by atoms with Crippen LogP contribution in [-0.4, -0.2) is 37.7 Å². The summed E-state index contributed by atoms with van der Waals surface area (Å²) in [5, 5.41) is 7.23. The number of hydrogen-bond acceptors (Lipinski definition) is 6. The third kappa shape index (κ3) is 17.1. The van der Waals surface area contributed by atoms with Crippen LogP contribution in [0.15, 0.2) is 10.3 Å². The van der Waals surface area contributed by atoms with Gasteiger partial charge in [0.25, 0.3) is 0 Å². The third-order valence-corrected chi connectivity index (χ3v) is 1.31. The van der Waals surface area contributed by atoms with E-state index in [4.69, 9.17) is 22.7 Å². The summed E-state index contributed by atoms with van der Waals surface area (Å²) in [7, 11) is 0. The van der Waals surface area contributed by atoms with Crippen molar-refractivity contribution in [1.29, 1.82) is 0 Å². The van der Waals surface area contributed by atoms with E-state index >= 15 is 0 Å². The molecule has 0 rings (SSSR count). The van der Waals surface area contributed by atoms with Crippen LogP contribution in [0.4, 0.5) is 0 Å². The average Bonchev–Trinajstić information content (AvgIpc) is 2.36. The van der Waals surface area contributed by atoms with E-state index in [0.29, 0.717) is 19.7 Å². The molecule has 6 heteroatoms. The van der Waals surface area contributed by atoms with Crippen LogP contribution in [0.5, 0.6) is 0 Å². The summed E-state index contributed by atoms with van der Waals surface area (Å²) in [5.41, 5.74) is 12.0. The highest BCUT2D eigenvalue weighted by molar-refractivity contribution is 5.83. The lowest BCUT2D eigenvalue weighted by Gasteiger charge is -1.93. The maximum Gasteiger partial charge on any atom is 0.177 e. The van der Waals surface area contributed by atoms with Gasteiger partial charge in [0, 0.05) is 13.1 Å². The number of oxime groups is 2. The van der Waals surface area contributed by atoms with Crippen molar-refractivity contribution >= 4 is 11.4 Å². The molecule has 0 amide bonds. The highest BCUT2D eigenvalue weighted by Crippen LogP contribution is 1.77. The van der Waals surface area contributed by atoms with Crippen molar-refractivity contribution < 1.29 is 9.68 Å². The monoisotopic (exact) mass is 242 g/mol. The first-order valence-corrected chi connectivity index (χ1v) is 5.26. The molecule has 0 unspecified atom stereocenters. The molecule has 0 aromatic heterocycles. The zero-order valence-corrected chi connectivity index (χ0v) is 10.8. The molecule has 0 radical (unpaired) electrons. The molecule has 0 aromatic carbocycles. The molecule has 0 bridgehead atoms. The first-order valence-electron chi connectivity index (χ1n) is 5.26. The van der Waals surface area contributed by atoms with E-state index in [1.165, 1.54) is 0 Å². The predicted octanol–water partition coefficient (Wildman–Crippen LogP) is 0.328. The third-order valence-electron chi connectivity index (χ3n) is 1.31. The van der Waals surface area contributed by atoms with Crippen molar-refractivity contribution in [3.8, 4) is 12.3 Å². The Hall–Kier alpha value is -1.58. The Morgan fingerprint density at radius 1 is 1.12 bits per heavy atom. The number of nitrogens with zero attached hydrogens (tertiary/aromatic N) is 2. The minimum Gasteiger partial charge on any atom is -0.396 e. The molecule has 0 saturated heterocycles. The minimum atomic E-state index is 0.206. The SMILES string of the molecule is C#CCO/N=C(\C)CN.CCO/N=C(\C)CN. The minimum absolute atomic E-state index is 0.206. The van der Waals surface area contributed by atoms with E-state index < -0.39 is 0 Å². The molecule has 4 N–H and O–H groups in total. The number of nitrogens with two attached hydrogens (primary N) is 2. The van der Waals surface area contributed by atoms with Gasteiger partial charge in [-0.25, -0.2) is 0 Å². The van der Waals surface area contributed by atoms with Crippen molar-refractivity contribution in [2.75, 3.05) is 26.3 Å². The van der Waals surface area contributed by atoms with E-state index in [1.807, 2.05) is 13.8 Å². The van der Waals surface area contributed by atoms with Gasteiger partial charge in [0.2, 0.25) is 0 Å². The maximum atomic E-state index is 5.20. The molecule has 98 valence electrons. The Morgan fingerprint density at radius 2 is 1.59 bits per heavy atom. The molecule has 0 aliphatic heterocycles. The molecular formula is C11H22N4O2. The summed E-state index contributed by atoms with van der Waals surface area (Å²) in [6, 6.07) is 0. The van der Waals surface area contributed by atoms with Gasteiger partial charge in [0.15, 0.2) is 6.61 Å². The molecule has 0 spiro atoms. The van der Waals surface area contributed by atoms with Crippen molar-refractivity contribution in [1.82, 2.24) is 0 Å². The largest absolute Gasteiger partial charge is 0.396 e. The van der Waals surface area contributed by atoms with Crippen LogP contribution in [-0.2, 0) is 9.68 Å². The highest BCUT2D eigenvalue weighted by atomic mass is 16.6. The fourth-order valence-electron chi connectivity index (χ4n) is 0.429. The van der Waals surface area contributed by atoms with E-state index in [-0.39, 0.29) is 6.61 Å². The molecule has 0 aromatic rings. The molecule has 0 atom stereocenters. The van der Waals surface area contributed by atoms with Crippen molar-refractivity contribution in [3.63, 3.8) is 0 Å². The quantitative estimate of drug-likeness (QED) is 0.303. The van der Waals surface area contributed by atoms with E-state index in [0.717, 1.165) is 11.4 Å². The summed E-state index contributed by atoms with van der Waals surface area (Å²) in [5.74, 6) is 2.28. The van der Waals surface area contributed by atoms with E-state index in [2.05, 4.69) is 21.1 Å². The van der Waals surface area contributed by atoms with Crippen molar-refractivity contribution in [3.05, 3.63) is 0 Å². The molecule has 0 heterocycles. The standard InChI is InChI=1S/C6H10N2O.C5H12N2O/c1-3-4-9-8-6(2)5-7;1-3-8-7-5(2)4-6/h1H,4-5,7H2,2H3;3-4,6H2,1-2H3/b8-6+;7-5+. The molecule has 0 aliphatic rings. The van der Waals surface area contributed by atoms with E-state index in [1.54, 1.807) is 6.92 Å². The zero-order chi connectivity index (χ0) is 13.5. The fourth-order valence-corrected chi connectivity index (χ4v) is 0.429. The van der Waals surface area contributed by atoms with E-state index in [9.17, 15) is 0 Å². The maximum absolute atomic E-state index is 5.20. The van der Waals surface area contributed by atoms with Crippen LogP contribution in [0.1, 0.15) is 20.8 Å². The molecule has 6 nitrogen and oxygen atoms in total. The second-order valence-corrected chi connectivity index (χ2v) is 2.96. The molecule has 0 saturated carbocycles. The van der Waals surface area contributed by atoms with Gasteiger partial charge in [-0.1, -0.05) is 16.2 Å². The Kier molecular flexibility index (Phi) is 15.1. The van der Waals surface area contributed by atoms with Crippen molar-refractivity contribution in [2.24, 2.45) is 21.8 Å².